The SMILES string of the molecule is CCc1nc(NC)cc(Nc2cccc3cnccc23)n1. The molecule has 0 unspecified atom stereocenters. The van der Waals surface area contributed by atoms with Crippen LogP contribution in [0.25, 0.3) is 10.8 Å². The van der Waals surface area contributed by atoms with Gasteiger partial charge in [-0.15, -0.1) is 0 Å². The Hall–Kier alpha value is -2.69. The Labute approximate surface area is 123 Å². The minimum absolute atomic E-state index is 0.788. The van der Waals surface area contributed by atoms with Crippen LogP contribution in [-0.4, -0.2) is 22.0 Å². The van der Waals surface area contributed by atoms with Gasteiger partial charge in [-0.1, -0.05) is 19.1 Å². The number of hydrogen-bond donors (Lipinski definition) is 2. The molecule has 1 aromatic carbocycles. The van der Waals surface area contributed by atoms with E-state index < -0.39 is 0 Å². The van der Waals surface area contributed by atoms with Crippen LogP contribution >= 0.6 is 0 Å². The molecule has 0 amide bonds. The number of fused-ring (bicyclic) bond motifs is 1. The molecule has 106 valence electrons. The predicted octanol–water partition coefficient (Wildman–Crippen LogP) is 3.37. The molecular formula is C16H17N5. The molecular weight excluding hydrogens is 262 g/mol. The van der Waals surface area contributed by atoms with E-state index in [-0.39, 0.29) is 0 Å². The molecule has 0 bridgehead atoms. The van der Waals surface area contributed by atoms with E-state index in [0.29, 0.717) is 0 Å². The van der Waals surface area contributed by atoms with Crippen LogP contribution in [0.4, 0.5) is 17.3 Å². The standard InChI is InChI=1S/C16H17N5/c1-3-14-20-15(17-2)9-16(21-14)19-13-6-4-5-11-10-18-8-7-12(11)13/h4-10H,3H2,1-2H3,(H2,17,19,20,21). The van der Waals surface area contributed by atoms with Crippen LogP contribution in [0.15, 0.2) is 42.7 Å². The third-order valence-electron chi connectivity index (χ3n) is 3.29. The highest BCUT2D eigenvalue weighted by molar-refractivity contribution is 5.94. The molecule has 0 saturated carbocycles. The largest absolute Gasteiger partial charge is 0.373 e. The maximum Gasteiger partial charge on any atom is 0.136 e. The van der Waals surface area contributed by atoms with Crippen LogP contribution < -0.4 is 10.6 Å². The van der Waals surface area contributed by atoms with Gasteiger partial charge in [-0.3, -0.25) is 4.98 Å². The van der Waals surface area contributed by atoms with Crippen LogP contribution in [0.5, 0.6) is 0 Å². The normalized spacial score (nSPS) is 10.6. The van der Waals surface area contributed by atoms with Crippen LogP contribution in [0.2, 0.25) is 0 Å². The summed E-state index contributed by atoms with van der Waals surface area (Å²) in [5.74, 6) is 2.41. The molecule has 0 saturated heterocycles. The Kier molecular flexibility index (Phi) is 3.64. The van der Waals surface area contributed by atoms with Gasteiger partial charge in [-0.05, 0) is 12.1 Å². The van der Waals surface area contributed by atoms with Crippen molar-refractivity contribution in [1.29, 1.82) is 0 Å². The second kappa shape index (κ2) is 5.75. The monoisotopic (exact) mass is 279 g/mol. The van der Waals surface area contributed by atoms with Crippen molar-refractivity contribution in [2.45, 2.75) is 13.3 Å². The van der Waals surface area contributed by atoms with E-state index >= 15 is 0 Å². The predicted molar refractivity (Wildman–Crippen MR) is 86.0 cm³/mol. The Morgan fingerprint density at radius 1 is 1.10 bits per heavy atom. The second-order valence-electron chi connectivity index (χ2n) is 4.69. The molecule has 2 N–H and O–H groups in total. The summed E-state index contributed by atoms with van der Waals surface area (Å²) in [6, 6.07) is 9.99. The van der Waals surface area contributed by atoms with Crippen LogP contribution in [0, 0.1) is 0 Å². The first-order valence-electron chi connectivity index (χ1n) is 6.95. The van der Waals surface area contributed by atoms with Gasteiger partial charge in [-0.2, -0.15) is 0 Å². The van der Waals surface area contributed by atoms with Crippen LogP contribution in [0.1, 0.15) is 12.7 Å². The molecule has 0 radical (unpaired) electrons. The second-order valence-corrected chi connectivity index (χ2v) is 4.69. The number of anilines is 3. The number of nitrogens with zero attached hydrogens (tertiary/aromatic N) is 3. The van der Waals surface area contributed by atoms with Crippen molar-refractivity contribution in [2.75, 3.05) is 17.7 Å². The van der Waals surface area contributed by atoms with Crippen molar-refractivity contribution < 1.29 is 0 Å². The molecule has 5 nitrogen and oxygen atoms in total. The Morgan fingerprint density at radius 3 is 2.76 bits per heavy atom. The molecule has 0 atom stereocenters. The van der Waals surface area contributed by atoms with Crippen molar-refractivity contribution in [2.24, 2.45) is 0 Å². The molecule has 0 spiro atoms. The minimum Gasteiger partial charge on any atom is -0.373 e. The maximum atomic E-state index is 4.52. The fraction of sp³-hybridized carbons (Fsp3) is 0.188. The number of hydrogen-bond acceptors (Lipinski definition) is 5. The lowest BCUT2D eigenvalue weighted by Gasteiger charge is -2.11. The zero-order valence-corrected chi connectivity index (χ0v) is 12.1. The molecule has 0 aliphatic rings. The van der Waals surface area contributed by atoms with E-state index in [9.17, 15) is 0 Å². The molecule has 0 aliphatic heterocycles. The zero-order valence-electron chi connectivity index (χ0n) is 12.1. The van der Waals surface area contributed by atoms with Gasteiger partial charge in [-0.25, -0.2) is 9.97 Å². The summed E-state index contributed by atoms with van der Waals surface area (Å²) in [4.78, 5) is 13.1. The molecule has 2 aromatic heterocycles. The minimum atomic E-state index is 0.788. The first kappa shape index (κ1) is 13.3. The van der Waals surface area contributed by atoms with E-state index in [2.05, 4.69) is 25.6 Å². The fourth-order valence-electron chi connectivity index (χ4n) is 2.22. The van der Waals surface area contributed by atoms with E-state index in [1.54, 1.807) is 6.20 Å². The number of nitrogens with one attached hydrogen (secondary N) is 2. The molecule has 21 heavy (non-hydrogen) atoms. The lowest BCUT2D eigenvalue weighted by Crippen LogP contribution is -2.03. The summed E-state index contributed by atoms with van der Waals surface area (Å²) in [5, 5.41) is 8.66. The highest BCUT2D eigenvalue weighted by atomic mass is 15.1. The summed E-state index contributed by atoms with van der Waals surface area (Å²) in [7, 11) is 1.86. The number of pyridine rings is 1. The van der Waals surface area contributed by atoms with Crippen LogP contribution in [0.3, 0.4) is 0 Å². The molecule has 0 aliphatic carbocycles. The van der Waals surface area contributed by atoms with Gasteiger partial charge in [0.05, 0.1) is 0 Å². The fourth-order valence-corrected chi connectivity index (χ4v) is 2.22. The first-order valence-corrected chi connectivity index (χ1v) is 6.95. The Morgan fingerprint density at radius 2 is 1.95 bits per heavy atom. The average Bonchev–Trinajstić information content (AvgIpc) is 2.55. The summed E-state index contributed by atoms with van der Waals surface area (Å²) in [6.45, 7) is 2.04. The van der Waals surface area contributed by atoms with Gasteiger partial charge in [0.25, 0.3) is 0 Å². The van der Waals surface area contributed by atoms with E-state index in [1.807, 2.05) is 50.5 Å². The summed E-state index contributed by atoms with van der Waals surface area (Å²) >= 11 is 0. The molecule has 0 fully saturated rings. The van der Waals surface area contributed by atoms with Crippen molar-refractivity contribution >= 4 is 28.1 Å². The van der Waals surface area contributed by atoms with Crippen molar-refractivity contribution in [3.63, 3.8) is 0 Å². The number of aryl methyl sites for hydroxylation is 1. The van der Waals surface area contributed by atoms with Gasteiger partial charge in [0.15, 0.2) is 0 Å². The lowest BCUT2D eigenvalue weighted by atomic mass is 10.1. The summed E-state index contributed by atoms with van der Waals surface area (Å²) in [6.07, 6.45) is 4.45. The zero-order chi connectivity index (χ0) is 14.7. The van der Waals surface area contributed by atoms with Gasteiger partial charge in [0.1, 0.15) is 17.5 Å². The van der Waals surface area contributed by atoms with Gasteiger partial charge >= 0.3 is 0 Å². The number of benzene rings is 1. The van der Waals surface area contributed by atoms with Gasteiger partial charge in [0.2, 0.25) is 0 Å². The maximum absolute atomic E-state index is 4.52. The van der Waals surface area contributed by atoms with E-state index in [0.717, 1.165) is 40.3 Å². The number of rotatable bonds is 4. The van der Waals surface area contributed by atoms with Gasteiger partial charge in [0, 0.05) is 48.4 Å². The van der Waals surface area contributed by atoms with Crippen LogP contribution in [-0.2, 0) is 6.42 Å². The Bertz CT molecular complexity index is 742. The quantitative estimate of drug-likeness (QED) is 0.766. The Balaban J connectivity index is 2.02. The number of aromatic nitrogens is 3. The van der Waals surface area contributed by atoms with Crippen molar-refractivity contribution in [3.8, 4) is 0 Å². The molecule has 3 aromatic rings. The van der Waals surface area contributed by atoms with E-state index in [4.69, 9.17) is 0 Å². The summed E-state index contributed by atoms with van der Waals surface area (Å²) in [5.41, 5.74) is 1.01. The third-order valence-corrected chi connectivity index (χ3v) is 3.29. The van der Waals surface area contributed by atoms with Crippen molar-refractivity contribution in [3.05, 3.63) is 48.5 Å². The molecule has 5 heteroatoms. The highest BCUT2D eigenvalue weighted by Crippen LogP contribution is 2.25. The molecule has 2 heterocycles. The first-order chi connectivity index (χ1) is 10.3. The smallest absolute Gasteiger partial charge is 0.136 e. The van der Waals surface area contributed by atoms with E-state index in [1.165, 1.54) is 0 Å². The van der Waals surface area contributed by atoms with Gasteiger partial charge < -0.3 is 10.6 Å². The topological polar surface area (TPSA) is 62.7 Å². The lowest BCUT2D eigenvalue weighted by molar-refractivity contribution is 0.945. The van der Waals surface area contributed by atoms with Crippen molar-refractivity contribution in [1.82, 2.24) is 15.0 Å². The average molecular weight is 279 g/mol. The molecule has 3 rings (SSSR count). The third kappa shape index (κ3) is 2.76. The highest BCUT2D eigenvalue weighted by Gasteiger charge is 2.05. The summed E-state index contributed by atoms with van der Waals surface area (Å²) < 4.78 is 0.